The summed E-state index contributed by atoms with van der Waals surface area (Å²) >= 11 is 0. The molecule has 0 bridgehead atoms. The number of anilines is 3. The summed E-state index contributed by atoms with van der Waals surface area (Å²) in [4.78, 5) is 29.7. The summed E-state index contributed by atoms with van der Waals surface area (Å²) in [6.07, 6.45) is 6.91. The molecule has 3 heterocycles. The van der Waals surface area contributed by atoms with Crippen LogP contribution in [0.15, 0.2) is 24.5 Å². The van der Waals surface area contributed by atoms with Crippen LogP contribution in [0.3, 0.4) is 0 Å². The molecule has 0 atom stereocenters. The van der Waals surface area contributed by atoms with Gasteiger partial charge in [-0.1, -0.05) is 0 Å². The van der Waals surface area contributed by atoms with E-state index in [1.54, 1.807) is 29.4 Å². The van der Waals surface area contributed by atoms with Gasteiger partial charge >= 0.3 is 6.03 Å². The van der Waals surface area contributed by atoms with E-state index in [1.807, 2.05) is 0 Å². The zero-order valence-electron chi connectivity index (χ0n) is 13.1. The highest BCUT2D eigenvalue weighted by Crippen LogP contribution is 2.42. The molecule has 24 heavy (non-hydrogen) atoms. The minimum absolute atomic E-state index is 0.114. The molecule has 1 saturated heterocycles. The van der Waals surface area contributed by atoms with Gasteiger partial charge in [0.2, 0.25) is 5.91 Å². The van der Waals surface area contributed by atoms with Crippen molar-refractivity contribution in [3.63, 3.8) is 0 Å². The van der Waals surface area contributed by atoms with Gasteiger partial charge in [-0.05, 0) is 31.4 Å². The summed E-state index contributed by atoms with van der Waals surface area (Å²) in [6, 6.07) is 3.12. The number of aromatic nitrogens is 3. The Morgan fingerprint density at radius 3 is 2.79 bits per heavy atom. The van der Waals surface area contributed by atoms with Gasteiger partial charge in [0.25, 0.3) is 0 Å². The smallest absolute Gasteiger partial charge is 0.311 e. The molecule has 2 aliphatic rings. The van der Waals surface area contributed by atoms with Gasteiger partial charge in [0.05, 0.1) is 29.5 Å². The maximum absolute atomic E-state index is 12.1. The lowest BCUT2D eigenvalue weighted by Gasteiger charge is -2.15. The summed E-state index contributed by atoms with van der Waals surface area (Å²) < 4.78 is 0. The van der Waals surface area contributed by atoms with Crippen molar-refractivity contribution < 1.29 is 9.59 Å². The minimum atomic E-state index is -0.365. The average Bonchev–Trinajstić information content (AvgIpc) is 3.17. The van der Waals surface area contributed by atoms with Gasteiger partial charge in [-0.25, -0.2) is 9.78 Å². The van der Waals surface area contributed by atoms with Crippen molar-refractivity contribution in [1.29, 1.82) is 0 Å². The largest absolute Gasteiger partial charge is 0.324 e. The van der Waals surface area contributed by atoms with E-state index in [9.17, 15) is 9.59 Å². The van der Waals surface area contributed by atoms with E-state index in [4.69, 9.17) is 0 Å². The molecule has 124 valence electrons. The molecular formula is C16H18N6O2. The highest BCUT2D eigenvalue weighted by atomic mass is 16.2. The lowest BCUT2D eigenvalue weighted by Crippen LogP contribution is -2.24. The van der Waals surface area contributed by atoms with E-state index >= 15 is 0 Å². The maximum atomic E-state index is 12.1. The van der Waals surface area contributed by atoms with Crippen LogP contribution in [0, 0.1) is 0 Å². The highest BCUT2D eigenvalue weighted by molar-refractivity contribution is 6.00. The summed E-state index contributed by atoms with van der Waals surface area (Å²) in [5.41, 5.74) is 2.43. The van der Waals surface area contributed by atoms with Crippen LogP contribution in [0.4, 0.5) is 22.0 Å². The van der Waals surface area contributed by atoms with Crippen molar-refractivity contribution >= 4 is 29.1 Å². The van der Waals surface area contributed by atoms with Gasteiger partial charge < -0.3 is 10.2 Å². The third kappa shape index (κ3) is 2.94. The van der Waals surface area contributed by atoms with Crippen molar-refractivity contribution in [1.82, 2.24) is 15.2 Å². The molecule has 3 amide bonds. The third-order valence-electron chi connectivity index (χ3n) is 4.28. The predicted octanol–water partition coefficient (Wildman–Crippen LogP) is 2.45. The van der Waals surface area contributed by atoms with Crippen LogP contribution in [0.5, 0.6) is 0 Å². The zero-order chi connectivity index (χ0) is 16.5. The van der Waals surface area contributed by atoms with Gasteiger partial charge in [0.15, 0.2) is 0 Å². The molecule has 8 nitrogen and oxygen atoms in total. The fourth-order valence-electron chi connectivity index (χ4n) is 2.89. The van der Waals surface area contributed by atoms with Crippen molar-refractivity contribution in [3.8, 4) is 0 Å². The van der Waals surface area contributed by atoms with Gasteiger partial charge in [-0.15, -0.1) is 0 Å². The quantitative estimate of drug-likeness (QED) is 0.803. The van der Waals surface area contributed by atoms with E-state index in [2.05, 4.69) is 25.8 Å². The van der Waals surface area contributed by atoms with E-state index in [1.165, 1.54) is 0 Å². The minimum Gasteiger partial charge on any atom is -0.311 e. The zero-order valence-corrected chi connectivity index (χ0v) is 13.1. The van der Waals surface area contributed by atoms with E-state index in [0.717, 1.165) is 37.2 Å². The molecule has 8 heteroatoms. The molecule has 3 N–H and O–H groups in total. The summed E-state index contributed by atoms with van der Waals surface area (Å²) in [5.74, 6) is 1.01. The second-order valence-corrected chi connectivity index (χ2v) is 6.10. The second-order valence-electron chi connectivity index (χ2n) is 6.10. The van der Waals surface area contributed by atoms with Crippen LogP contribution < -0.4 is 15.5 Å². The molecule has 0 radical (unpaired) electrons. The normalized spacial score (nSPS) is 17.2. The summed E-state index contributed by atoms with van der Waals surface area (Å²) in [6.45, 7) is 0.720. The van der Waals surface area contributed by atoms with Crippen molar-refractivity contribution in [2.24, 2.45) is 0 Å². The Balaban J connectivity index is 1.38. The lowest BCUT2D eigenvalue weighted by atomic mass is 10.2. The highest BCUT2D eigenvalue weighted by Gasteiger charge is 2.28. The van der Waals surface area contributed by atoms with E-state index < -0.39 is 0 Å². The molecule has 2 aromatic heterocycles. The standard InChI is InChI=1S/C16H18N6O2/c23-14-2-1-7-22(14)11-5-6-13(17-8-11)20-16(24)19-12-9-18-21-15(12)10-3-4-10/h5-6,8-10H,1-4,7H2,(H,18,21)(H2,17,19,20,24). The monoisotopic (exact) mass is 326 g/mol. The molecule has 0 aromatic carbocycles. The van der Waals surface area contributed by atoms with Crippen molar-refractivity contribution in [2.75, 3.05) is 22.1 Å². The first-order valence-corrected chi connectivity index (χ1v) is 8.08. The van der Waals surface area contributed by atoms with Gasteiger partial charge in [-0.3, -0.25) is 15.2 Å². The number of aromatic amines is 1. The SMILES string of the molecule is O=C(Nc1ccc(N2CCCC2=O)cn1)Nc1cn[nH]c1C1CC1. The van der Waals surface area contributed by atoms with Crippen molar-refractivity contribution in [3.05, 3.63) is 30.2 Å². The molecule has 1 saturated carbocycles. The fraction of sp³-hybridized carbons (Fsp3) is 0.375. The van der Waals surface area contributed by atoms with Crippen LogP contribution in [0.25, 0.3) is 0 Å². The van der Waals surface area contributed by atoms with Crippen LogP contribution in [-0.2, 0) is 4.79 Å². The number of H-pyrrole nitrogens is 1. The van der Waals surface area contributed by atoms with Crippen LogP contribution in [0.1, 0.15) is 37.3 Å². The number of nitrogens with zero attached hydrogens (tertiary/aromatic N) is 3. The third-order valence-corrected chi connectivity index (χ3v) is 4.28. The first-order chi connectivity index (χ1) is 11.7. The molecule has 0 spiro atoms. The molecule has 2 aromatic rings. The Morgan fingerprint density at radius 1 is 1.25 bits per heavy atom. The van der Waals surface area contributed by atoms with Gasteiger partial charge in [-0.2, -0.15) is 5.10 Å². The number of hydrogen-bond donors (Lipinski definition) is 3. The average molecular weight is 326 g/mol. The number of carbonyl (C=O) groups excluding carboxylic acids is 2. The van der Waals surface area contributed by atoms with E-state index in [-0.39, 0.29) is 11.9 Å². The number of amides is 3. The van der Waals surface area contributed by atoms with Crippen molar-refractivity contribution in [2.45, 2.75) is 31.6 Å². The van der Waals surface area contributed by atoms with Crippen LogP contribution >= 0.6 is 0 Å². The lowest BCUT2D eigenvalue weighted by molar-refractivity contribution is -0.117. The molecule has 4 rings (SSSR count). The Morgan fingerprint density at radius 2 is 2.12 bits per heavy atom. The predicted molar refractivity (Wildman–Crippen MR) is 89.0 cm³/mol. The number of pyridine rings is 1. The molecule has 0 unspecified atom stereocenters. The Labute approximate surface area is 138 Å². The van der Waals surface area contributed by atoms with Gasteiger partial charge in [0, 0.05) is 18.9 Å². The molecule has 2 fully saturated rings. The Kier molecular flexibility index (Phi) is 3.64. The topological polar surface area (TPSA) is 103 Å². The number of hydrogen-bond acceptors (Lipinski definition) is 4. The molecule has 1 aliphatic carbocycles. The van der Waals surface area contributed by atoms with E-state index in [0.29, 0.717) is 23.8 Å². The number of rotatable bonds is 4. The molecular weight excluding hydrogens is 308 g/mol. The summed E-state index contributed by atoms with van der Waals surface area (Å²) in [7, 11) is 0. The maximum Gasteiger partial charge on any atom is 0.324 e. The van der Waals surface area contributed by atoms with Crippen LogP contribution in [0.2, 0.25) is 0 Å². The number of nitrogens with one attached hydrogen (secondary N) is 3. The first-order valence-electron chi connectivity index (χ1n) is 8.08. The van der Waals surface area contributed by atoms with Crippen LogP contribution in [-0.4, -0.2) is 33.7 Å². The number of urea groups is 1. The second kappa shape index (κ2) is 5.95. The Hall–Kier alpha value is -2.90. The van der Waals surface area contributed by atoms with Gasteiger partial charge in [0.1, 0.15) is 5.82 Å². The molecule has 1 aliphatic heterocycles. The Bertz CT molecular complexity index is 765. The number of carbonyl (C=O) groups is 2. The summed E-state index contributed by atoms with van der Waals surface area (Å²) in [5, 5.41) is 12.4. The fourth-order valence-corrected chi connectivity index (χ4v) is 2.89. The first kappa shape index (κ1) is 14.7.